The molecule has 1 atom stereocenters. The number of nitrogens with zero attached hydrogens (tertiary/aromatic N) is 1. The van der Waals surface area contributed by atoms with E-state index in [1.807, 2.05) is 37.2 Å². The molecule has 0 spiro atoms. The van der Waals surface area contributed by atoms with E-state index in [0.29, 0.717) is 11.5 Å². The van der Waals surface area contributed by atoms with E-state index >= 15 is 0 Å². The lowest BCUT2D eigenvalue weighted by molar-refractivity contribution is 0.174. The minimum absolute atomic E-state index is 0.127. The van der Waals surface area contributed by atoms with E-state index in [1.165, 1.54) is 0 Å². The Kier molecular flexibility index (Phi) is 4.75. The Morgan fingerprint density at radius 3 is 2.50 bits per heavy atom. The Balaban J connectivity index is 1.78. The SMILES string of the molecule is CN(C)C(CNS(=O)(=O)c1ccccc1)c1ccc2c(c1)OCO2. The summed E-state index contributed by atoms with van der Waals surface area (Å²) >= 11 is 0. The van der Waals surface area contributed by atoms with Crippen LogP contribution in [0.15, 0.2) is 53.4 Å². The van der Waals surface area contributed by atoms with Crippen LogP contribution in [-0.4, -0.2) is 40.8 Å². The van der Waals surface area contributed by atoms with Gasteiger partial charge in [-0.3, -0.25) is 0 Å². The van der Waals surface area contributed by atoms with Crippen molar-refractivity contribution in [3.63, 3.8) is 0 Å². The van der Waals surface area contributed by atoms with Crippen molar-refractivity contribution >= 4 is 10.0 Å². The summed E-state index contributed by atoms with van der Waals surface area (Å²) in [7, 11) is 0.277. The molecule has 1 aliphatic rings. The first-order valence-electron chi connectivity index (χ1n) is 7.58. The molecule has 1 aliphatic heterocycles. The summed E-state index contributed by atoms with van der Waals surface area (Å²) in [6.07, 6.45) is 0. The van der Waals surface area contributed by atoms with Crippen LogP contribution in [0, 0.1) is 0 Å². The summed E-state index contributed by atoms with van der Waals surface area (Å²) in [6, 6.07) is 13.9. The van der Waals surface area contributed by atoms with Crippen LogP contribution in [0.1, 0.15) is 11.6 Å². The lowest BCUT2D eigenvalue weighted by Gasteiger charge is -2.25. The van der Waals surface area contributed by atoms with Crippen molar-refractivity contribution in [3.8, 4) is 11.5 Å². The molecule has 128 valence electrons. The topological polar surface area (TPSA) is 67.9 Å². The quantitative estimate of drug-likeness (QED) is 0.865. The van der Waals surface area contributed by atoms with Crippen molar-refractivity contribution in [2.45, 2.75) is 10.9 Å². The van der Waals surface area contributed by atoms with Crippen LogP contribution in [0.2, 0.25) is 0 Å². The van der Waals surface area contributed by atoms with Gasteiger partial charge in [0.05, 0.1) is 4.90 Å². The molecule has 2 aromatic carbocycles. The van der Waals surface area contributed by atoms with E-state index < -0.39 is 10.0 Å². The highest BCUT2D eigenvalue weighted by Crippen LogP contribution is 2.35. The van der Waals surface area contributed by atoms with Gasteiger partial charge in [0.15, 0.2) is 11.5 Å². The smallest absolute Gasteiger partial charge is 0.240 e. The van der Waals surface area contributed by atoms with Crippen LogP contribution in [0.4, 0.5) is 0 Å². The van der Waals surface area contributed by atoms with Gasteiger partial charge in [-0.2, -0.15) is 0 Å². The zero-order valence-electron chi connectivity index (χ0n) is 13.6. The van der Waals surface area contributed by atoms with Gasteiger partial charge in [0.1, 0.15) is 0 Å². The molecule has 7 heteroatoms. The van der Waals surface area contributed by atoms with Crippen LogP contribution in [0.3, 0.4) is 0 Å². The van der Waals surface area contributed by atoms with Crippen LogP contribution in [-0.2, 0) is 10.0 Å². The first-order chi connectivity index (χ1) is 11.5. The van der Waals surface area contributed by atoms with Gasteiger partial charge in [0.2, 0.25) is 16.8 Å². The molecule has 2 aromatic rings. The monoisotopic (exact) mass is 348 g/mol. The van der Waals surface area contributed by atoms with Gasteiger partial charge in [0, 0.05) is 12.6 Å². The molecule has 1 heterocycles. The normalized spacial score (nSPS) is 14.8. The molecule has 0 amide bonds. The largest absolute Gasteiger partial charge is 0.454 e. The highest BCUT2D eigenvalue weighted by molar-refractivity contribution is 7.89. The van der Waals surface area contributed by atoms with Gasteiger partial charge < -0.3 is 14.4 Å². The molecular weight excluding hydrogens is 328 g/mol. The number of rotatable bonds is 6. The molecule has 1 N–H and O–H groups in total. The molecule has 1 unspecified atom stereocenters. The summed E-state index contributed by atoms with van der Waals surface area (Å²) < 4.78 is 38.2. The van der Waals surface area contributed by atoms with Gasteiger partial charge in [-0.25, -0.2) is 13.1 Å². The molecule has 0 saturated heterocycles. The zero-order valence-corrected chi connectivity index (χ0v) is 14.4. The molecule has 0 aliphatic carbocycles. The van der Waals surface area contributed by atoms with Crippen LogP contribution in [0.5, 0.6) is 11.5 Å². The Bertz CT molecular complexity index is 807. The third kappa shape index (κ3) is 3.53. The molecule has 6 nitrogen and oxygen atoms in total. The van der Waals surface area contributed by atoms with Crippen LogP contribution >= 0.6 is 0 Å². The fourth-order valence-electron chi connectivity index (χ4n) is 2.59. The lowest BCUT2D eigenvalue weighted by Crippen LogP contribution is -2.34. The maximum Gasteiger partial charge on any atom is 0.240 e. The second kappa shape index (κ2) is 6.80. The molecule has 0 aromatic heterocycles. The predicted octanol–water partition coefficient (Wildman–Crippen LogP) is 2.00. The number of ether oxygens (including phenoxy) is 2. The minimum atomic E-state index is -3.54. The van der Waals surface area contributed by atoms with Gasteiger partial charge >= 0.3 is 0 Å². The van der Waals surface area contributed by atoms with Gasteiger partial charge in [-0.1, -0.05) is 24.3 Å². The van der Waals surface area contributed by atoms with Crippen LogP contribution in [0.25, 0.3) is 0 Å². The Morgan fingerprint density at radius 2 is 1.79 bits per heavy atom. The van der Waals surface area contributed by atoms with E-state index in [2.05, 4.69) is 4.72 Å². The second-order valence-electron chi connectivity index (χ2n) is 5.76. The van der Waals surface area contributed by atoms with E-state index in [1.54, 1.807) is 30.3 Å². The number of sulfonamides is 1. The Hall–Kier alpha value is -2.09. The van der Waals surface area contributed by atoms with Gasteiger partial charge in [-0.05, 0) is 43.9 Å². The highest BCUT2D eigenvalue weighted by Gasteiger charge is 2.22. The number of hydrogen-bond acceptors (Lipinski definition) is 5. The first-order valence-corrected chi connectivity index (χ1v) is 9.06. The lowest BCUT2D eigenvalue weighted by atomic mass is 10.1. The Morgan fingerprint density at radius 1 is 1.08 bits per heavy atom. The third-order valence-corrected chi connectivity index (χ3v) is 5.36. The standard InChI is InChI=1S/C17H20N2O4S/c1-19(2)15(13-8-9-16-17(10-13)23-12-22-16)11-18-24(20,21)14-6-4-3-5-7-14/h3-10,15,18H,11-12H2,1-2H3. The predicted molar refractivity (Wildman–Crippen MR) is 90.6 cm³/mol. The zero-order chi connectivity index (χ0) is 17.2. The van der Waals surface area contributed by atoms with Crippen molar-refractivity contribution in [1.82, 2.24) is 9.62 Å². The summed E-state index contributed by atoms with van der Waals surface area (Å²) in [5.41, 5.74) is 0.958. The Labute approximate surface area is 142 Å². The maximum atomic E-state index is 12.4. The van der Waals surface area contributed by atoms with E-state index in [4.69, 9.17) is 9.47 Å². The molecule has 0 fully saturated rings. The van der Waals surface area contributed by atoms with E-state index in [0.717, 1.165) is 5.56 Å². The second-order valence-corrected chi connectivity index (χ2v) is 7.52. The number of fused-ring (bicyclic) bond motifs is 1. The number of nitrogens with one attached hydrogen (secondary N) is 1. The highest BCUT2D eigenvalue weighted by atomic mass is 32.2. The van der Waals surface area contributed by atoms with E-state index in [9.17, 15) is 8.42 Å². The maximum absolute atomic E-state index is 12.4. The van der Waals surface area contributed by atoms with Crippen molar-refractivity contribution < 1.29 is 17.9 Å². The fraction of sp³-hybridized carbons (Fsp3) is 0.294. The van der Waals surface area contributed by atoms with Crippen LogP contribution < -0.4 is 14.2 Å². The van der Waals surface area contributed by atoms with Crippen molar-refractivity contribution in [2.75, 3.05) is 27.4 Å². The van der Waals surface area contributed by atoms with Gasteiger partial charge in [0.25, 0.3) is 0 Å². The number of hydrogen-bond donors (Lipinski definition) is 1. The van der Waals surface area contributed by atoms with Crippen molar-refractivity contribution in [1.29, 1.82) is 0 Å². The minimum Gasteiger partial charge on any atom is -0.454 e. The molecule has 0 radical (unpaired) electrons. The molecule has 24 heavy (non-hydrogen) atoms. The molecule has 0 saturated carbocycles. The third-order valence-electron chi connectivity index (χ3n) is 3.92. The van der Waals surface area contributed by atoms with Crippen molar-refractivity contribution in [2.24, 2.45) is 0 Å². The first kappa shape index (κ1) is 16.8. The average Bonchev–Trinajstić information content (AvgIpc) is 3.03. The molecular formula is C17H20N2O4S. The number of benzene rings is 2. The van der Waals surface area contributed by atoms with Gasteiger partial charge in [-0.15, -0.1) is 0 Å². The number of likely N-dealkylation sites (N-methyl/N-ethyl adjacent to an activating group) is 1. The summed E-state index contributed by atoms with van der Waals surface area (Å²) in [5.74, 6) is 1.39. The molecule has 3 rings (SSSR count). The molecule has 0 bridgehead atoms. The average molecular weight is 348 g/mol. The van der Waals surface area contributed by atoms with Crippen molar-refractivity contribution in [3.05, 3.63) is 54.1 Å². The fourth-order valence-corrected chi connectivity index (χ4v) is 3.65. The van der Waals surface area contributed by atoms with E-state index in [-0.39, 0.29) is 24.3 Å². The summed E-state index contributed by atoms with van der Waals surface area (Å²) in [6.45, 7) is 0.468. The summed E-state index contributed by atoms with van der Waals surface area (Å²) in [5, 5.41) is 0. The summed E-state index contributed by atoms with van der Waals surface area (Å²) in [4.78, 5) is 2.22.